The van der Waals surface area contributed by atoms with Crippen molar-refractivity contribution in [2.45, 2.75) is 398 Å². The van der Waals surface area contributed by atoms with E-state index in [0.717, 1.165) is 83.5 Å². The van der Waals surface area contributed by atoms with Crippen LogP contribution < -0.4 is 5.32 Å². The molecule has 0 aliphatic heterocycles. The van der Waals surface area contributed by atoms with E-state index in [0.29, 0.717) is 12.8 Å². The van der Waals surface area contributed by atoms with Crippen LogP contribution in [0, 0.1) is 0 Å². The summed E-state index contributed by atoms with van der Waals surface area (Å²) in [6, 6.07) is -0.545. The molecule has 0 heterocycles. The lowest BCUT2D eigenvalue weighted by Crippen LogP contribution is -2.45. The first-order valence-corrected chi connectivity index (χ1v) is 38.1. The van der Waals surface area contributed by atoms with Gasteiger partial charge in [-0.05, 0) is 83.5 Å². The SMILES string of the molecule is CC/C=C\C/C=C\C/C=C\C/C=C\C/C=C\C/C=C\C/C=C\C/C=C\C/C=C\CCCCCCCCCCCCCCCC(=O)NC(CO)C(O)CCCCCCCCCCCCCCCCCCCCCCCCCCCCCCCCCCC. The van der Waals surface area contributed by atoms with Gasteiger partial charge in [-0.25, -0.2) is 0 Å². The van der Waals surface area contributed by atoms with E-state index in [4.69, 9.17) is 0 Å². The van der Waals surface area contributed by atoms with Crippen molar-refractivity contribution in [3.05, 3.63) is 109 Å². The minimum atomic E-state index is -0.668. The molecule has 2 atom stereocenters. The molecule has 0 aliphatic carbocycles. The molecule has 0 saturated heterocycles. The summed E-state index contributed by atoms with van der Waals surface area (Å²) in [5.41, 5.74) is 0. The molecule has 0 rings (SSSR count). The number of allylic oxidation sites excluding steroid dienone is 18. The normalized spacial score (nSPS) is 13.3. The number of aliphatic hydroxyl groups excluding tert-OH is 2. The fourth-order valence-corrected chi connectivity index (χ4v) is 11.6. The average Bonchev–Trinajstić information content (AvgIpc) is 3.59. The van der Waals surface area contributed by atoms with Crippen molar-refractivity contribution in [1.82, 2.24) is 5.32 Å². The Labute approximate surface area is 537 Å². The second-order valence-corrected chi connectivity index (χ2v) is 25.7. The Balaban J connectivity index is 3.47. The molecule has 3 N–H and O–H groups in total. The van der Waals surface area contributed by atoms with E-state index >= 15 is 0 Å². The van der Waals surface area contributed by atoms with Crippen molar-refractivity contribution < 1.29 is 15.0 Å². The molecule has 498 valence electrons. The van der Waals surface area contributed by atoms with Gasteiger partial charge in [0, 0.05) is 6.42 Å². The molecule has 0 saturated carbocycles. The molecule has 0 aromatic carbocycles. The summed E-state index contributed by atoms with van der Waals surface area (Å²) in [4.78, 5) is 12.6. The number of unbranched alkanes of at least 4 members (excludes halogenated alkanes) is 45. The van der Waals surface area contributed by atoms with Gasteiger partial charge in [0.25, 0.3) is 0 Å². The van der Waals surface area contributed by atoms with Crippen LogP contribution in [0.1, 0.15) is 386 Å². The third kappa shape index (κ3) is 71.8. The van der Waals surface area contributed by atoms with Crippen LogP contribution >= 0.6 is 0 Å². The molecule has 0 bridgehead atoms. The van der Waals surface area contributed by atoms with E-state index in [1.165, 1.54) is 276 Å². The standard InChI is InChI=1S/C82H147NO3/c1-3-5-7-9-11-13-15-17-19-21-23-25-27-29-31-33-35-37-38-39-40-41-42-43-44-46-48-50-52-54-56-58-60-62-64-66-68-70-72-74-76-78-82(86)83-80(79-84)81(85)77-75-73-71-69-67-65-63-61-59-57-55-53-51-49-47-45-36-34-32-30-28-26-24-22-20-18-16-14-12-10-8-6-4-2/h5,7,11,13,17,19,23,25,29,31,35,37,39-40,42-43,46,48,80-81,84-85H,3-4,6,8-10,12,14-16,18,20-22,24,26-28,30,32-34,36,38,41,44-45,47,49-79H2,1-2H3,(H,83,86)/b7-5-,13-11-,19-17-,25-23-,31-29-,37-35-,40-39-,43-42-,48-46-. The zero-order chi connectivity index (χ0) is 61.9. The maximum absolute atomic E-state index is 12.6. The summed E-state index contributed by atoms with van der Waals surface area (Å²) >= 11 is 0. The van der Waals surface area contributed by atoms with Crippen molar-refractivity contribution in [2.75, 3.05) is 6.61 Å². The highest BCUT2D eigenvalue weighted by Crippen LogP contribution is 2.19. The van der Waals surface area contributed by atoms with Gasteiger partial charge in [-0.15, -0.1) is 0 Å². The van der Waals surface area contributed by atoms with Crippen LogP contribution in [0.3, 0.4) is 0 Å². The Morgan fingerprint density at radius 1 is 0.291 bits per heavy atom. The molecule has 0 aromatic heterocycles. The van der Waals surface area contributed by atoms with Gasteiger partial charge in [-0.3, -0.25) is 4.79 Å². The number of amides is 1. The molecular formula is C82H147NO3. The summed E-state index contributed by atoms with van der Waals surface area (Å²) in [5, 5.41) is 23.5. The number of hydrogen-bond acceptors (Lipinski definition) is 3. The van der Waals surface area contributed by atoms with Gasteiger partial charge in [0.2, 0.25) is 5.91 Å². The maximum Gasteiger partial charge on any atom is 0.220 e. The minimum absolute atomic E-state index is 0.0306. The summed E-state index contributed by atoms with van der Waals surface area (Å²) in [5.74, 6) is -0.0306. The second-order valence-electron chi connectivity index (χ2n) is 25.7. The quantitative estimate of drug-likeness (QED) is 0.0420. The van der Waals surface area contributed by atoms with Gasteiger partial charge < -0.3 is 15.5 Å². The van der Waals surface area contributed by atoms with Crippen LogP contribution in [-0.4, -0.2) is 34.9 Å². The zero-order valence-electron chi connectivity index (χ0n) is 57.6. The third-order valence-corrected chi connectivity index (χ3v) is 17.3. The van der Waals surface area contributed by atoms with Crippen LogP contribution in [0.25, 0.3) is 0 Å². The van der Waals surface area contributed by atoms with Crippen LogP contribution in [0.5, 0.6) is 0 Å². The van der Waals surface area contributed by atoms with Gasteiger partial charge in [0.1, 0.15) is 0 Å². The monoisotopic (exact) mass is 1190 g/mol. The number of carbonyl (C=O) groups is 1. The second kappa shape index (κ2) is 76.3. The average molecular weight is 1200 g/mol. The number of carbonyl (C=O) groups excluding carboxylic acids is 1. The molecule has 4 nitrogen and oxygen atoms in total. The number of nitrogens with one attached hydrogen (secondary N) is 1. The van der Waals surface area contributed by atoms with E-state index in [1.54, 1.807) is 0 Å². The first kappa shape index (κ1) is 83.1. The zero-order valence-corrected chi connectivity index (χ0v) is 57.6. The van der Waals surface area contributed by atoms with Gasteiger partial charge in [0.05, 0.1) is 18.8 Å². The van der Waals surface area contributed by atoms with Crippen molar-refractivity contribution in [2.24, 2.45) is 0 Å². The topological polar surface area (TPSA) is 69.6 Å². The van der Waals surface area contributed by atoms with E-state index in [-0.39, 0.29) is 12.5 Å². The molecule has 1 amide bonds. The highest BCUT2D eigenvalue weighted by molar-refractivity contribution is 5.76. The van der Waals surface area contributed by atoms with Gasteiger partial charge >= 0.3 is 0 Å². The molecule has 0 radical (unpaired) electrons. The molecular weight excluding hydrogens is 1050 g/mol. The lowest BCUT2D eigenvalue weighted by molar-refractivity contribution is -0.123. The molecule has 0 fully saturated rings. The van der Waals surface area contributed by atoms with Gasteiger partial charge in [-0.2, -0.15) is 0 Å². The predicted octanol–water partition coefficient (Wildman–Crippen LogP) is 26.5. The van der Waals surface area contributed by atoms with Crippen LogP contribution in [-0.2, 0) is 4.79 Å². The molecule has 0 aliphatic rings. The highest BCUT2D eigenvalue weighted by Gasteiger charge is 2.20. The molecule has 4 heteroatoms. The number of rotatable bonds is 70. The maximum atomic E-state index is 12.6. The van der Waals surface area contributed by atoms with Crippen LogP contribution in [0.2, 0.25) is 0 Å². The Morgan fingerprint density at radius 2 is 0.512 bits per heavy atom. The lowest BCUT2D eigenvalue weighted by Gasteiger charge is -2.22. The summed E-state index contributed by atoms with van der Waals surface area (Å²) < 4.78 is 0. The summed E-state index contributed by atoms with van der Waals surface area (Å²) in [6.07, 6.45) is 115. The molecule has 0 spiro atoms. The smallest absolute Gasteiger partial charge is 0.220 e. The predicted molar refractivity (Wildman–Crippen MR) is 386 cm³/mol. The third-order valence-electron chi connectivity index (χ3n) is 17.3. The highest BCUT2D eigenvalue weighted by atomic mass is 16.3. The largest absolute Gasteiger partial charge is 0.394 e. The summed E-state index contributed by atoms with van der Waals surface area (Å²) in [7, 11) is 0. The van der Waals surface area contributed by atoms with Gasteiger partial charge in [-0.1, -0.05) is 406 Å². The number of aliphatic hydroxyl groups is 2. The Kier molecular flexibility index (Phi) is 73.7. The molecule has 2 unspecified atom stereocenters. The van der Waals surface area contributed by atoms with Crippen molar-refractivity contribution in [1.29, 1.82) is 0 Å². The van der Waals surface area contributed by atoms with Crippen LogP contribution in [0.4, 0.5) is 0 Å². The van der Waals surface area contributed by atoms with Crippen molar-refractivity contribution in [3.8, 4) is 0 Å². The van der Waals surface area contributed by atoms with E-state index in [9.17, 15) is 15.0 Å². The van der Waals surface area contributed by atoms with E-state index in [2.05, 4.69) is 129 Å². The summed E-state index contributed by atoms with van der Waals surface area (Å²) in [6.45, 7) is 4.28. The molecule has 0 aromatic rings. The van der Waals surface area contributed by atoms with Crippen LogP contribution in [0.15, 0.2) is 109 Å². The first-order chi connectivity index (χ1) is 42.7. The Hall–Kier alpha value is -2.95. The van der Waals surface area contributed by atoms with Crippen molar-refractivity contribution >= 4 is 5.91 Å². The van der Waals surface area contributed by atoms with E-state index < -0.39 is 12.1 Å². The van der Waals surface area contributed by atoms with Crippen molar-refractivity contribution in [3.63, 3.8) is 0 Å². The van der Waals surface area contributed by atoms with E-state index in [1.807, 2.05) is 0 Å². The first-order valence-electron chi connectivity index (χ1n) is 38.1. The van der Waals surface area contributed by atoms with Gasteiger partial charge in [0.15, 0.2) is 0 Å². The lowest BCUT2D eigenvalue weighted by atomic mass is 10.0. The molecule has 86 heavy (non-hydrogen) atoms. The Morgan fingerprint density at radius 3 is 0.767 bits per heavy atom. The Bertz CT molecular complexity index is 1590. The fourth-order valence-electron chi connectivity index (χ4n) is 11.6. The number of hydrogen-bond donors (Lipinski definition) is 3. The minimum Gasteiger partial charge on any atom is -0.394 e. The fraction of sp³-hybridized carbons (Fsp3) is 0.768.